The molecule has 112 valence electrons. The third kappa shape index (κ3) is 4.22. The van der Waals surface area contributed by atoms with Crippen LogP contribution in [0.4, 0.5) is 0 Å². The fraction of sp³-hybridized carbons (Fsp3) is 0.647. The molecule has 20 heavy (non-hydrogen) atoms. The van der Waals surface area contributed by atoms with Gasteiger partial charge in [0.25, 0.3) is 0 Å². The predicted octanol–water partition coefficient (Wildman–Crippen LogP) is 2.62. The first kappa shape index (κ1) is 15.3. The molecule has 0 fully saturated rings. The lowest BCUT2D eigenvalue weighted by atomic mass is 10.1. The minimum atomic E-state index is 0.299. The van der Waals surface area contributed by atoms with Crippen molar-refractivity contribution in [2.24, 2.45) is 0 Å². The maximum atomic E-state index is 5.97. The van der Waals surface area contributed by atoms with Crippen LogP contribution in [0.3, 0.4) is 0 Å². The Hall–Kier alpha value is -1.06. The molecule has 0 bridgehead atoms. The number of rotatable bonds is 8. The van der Waals surface area contributed by atoms with Crippen molar-refractivity contribution in [3.63, 3.8) is 0 Å². The lowest BCUT2D eigenvalue weighted by Crippen LogP contribution is -2.37. The molecule has 0 saturated heterocycles. The molecule has 1 heterocycles. The quantitative estimate of drug-likeness (QED) is 0.739. The first-order valence-corrected chi connectivity index (χ1v) is 7.92. The van der Waals surface area contributed by atoms with Crippen LogP contribution in [0.15, 0.2) is 18.2 Å². The van der Waals surface area contributed by atoms with Crippen LogP contribution in [-0.4, -0.2) is 43.7 Å². The van der Waals surface area contributed by atoms with E-state index in [0.717, 1.165) is 38.3 Å². The van der Waals surface area contributed by atoms with Gasteiger partial charge in [-0.2, -0.15) is 0 Å². The highest BCUT2D eigenvalue weighted by Crippen LogP contribution is 2.29. The number of hydrogen-bond acceptors (Lipinski definition) is 3. The number of benzene rings is 1. The van der Waals surface area contributed by atoms with E-state index in [9.17, 15) is 0 Å². The fourth-order valence-corrected chi connectivity index (χ4v) is 2.81. The van der Waals surface area contributed by atoms with Crippen molar-refractivity contribution in [1.29, 1.82) is 0 Å². The molecule has 0 amide bonds. The summed E-state index contributed by atoms with van der Waals surface area (Å²) in [5.74, 6) is 1.07. The van der Waals surface area contributed by atoms with Crippen molar-refractivity contribution in [2.75, 3.05) is 32.7 Å². The van der Waals surface area contributed by atoms with Crippen molar-refractivity contribution >= 4 is 0 Å². The number of ether oxygens (including phenoxy) is 1. The summed E-state index contributed by atoms with van der Waals surface area (Å²) in [6.07, 6.45) is 2.57. The van der Waals surface area contributed by atoms with Crippen LogP contribution in [0.25, 0.3) is 0 Å². The summed E-state index contributed by atoms with van der Waals surface area (Å²) in [4.78, 5) is 2.49. The summed E-state index contributed by atoms with van der Waals surface area (Å²) in [5, 5.41) is 3.53. The molecule has 3 heteroatoms. The molecule has 0 spiro atoms. The van der Waals surface area contributed by atoms with Crippen molar-refractivity contribution < 1.29 is 4.74 Å². The molecule has 1 unspecified atom stereocenters. The maximum Gasteiger partial charge on any atom is 0.123 e. The molecule has 0 aliphatic carbocycles. The van der Waals surface area contributed by atoms with Gasteiger partial charge in [-0.1, -0.05) is 31.5 Å². The maximum absolute atomic E-state index is 5.97. The van der Waals surface area contributed by atoms with E-state index in [1.54, 1.807) is 0 Å². The Bertz CT molecular complexity index is 419. The Morgan fingerprint density at radius 3 is 2.90 bits per heavy atom. The summed E-state index contributed by atoms with van der Waals surface area (Å²) in [5.41, 5.74) is 2.68. The average Bonchev–Trinajstić information content (AvgIpc) is 2.84. The third-order valence-corrected chi connectivity index (χ3v) is 3.92. The molecule has 1 aromatic rings. The van der Waals surface area contributed by atoms with E-state index in [4.69, 9.17) is 4.74 Å². The highest BCUT2D eigenvalue weighted by atomic mass is 16.5. The second kappa shape index (κ2) is 7.65. The van der Waals surface area contributed by atoms with Gasteiger partial charge in [-0.05, 0) is 38.1 Å². The largest absolute Gasteiger partial charge is 0.488 e. The first-order valence-electron chi connectivity index (χ1n) is 7.92. The number of hydrogen-bond donors (Lipinski definition) is 1. The minimum Gasteiger partial charge on any atom is -0.488 e. The summed E-state index contributed by atoms with van der Waals surface area (Å²) in [6, 6.07) is 6.47. The summed E-state index contributed by atoms with van der Waals surface area (Å²) >= 11 is 0. The van der Waals surface area contributed by atoms with Crippen LogP contribution in [0.5, 0.6) is 5.75 Å². The second-order valence-electron chi connectivity index (χ2n) is 5.69. The SMILES string of the molecule is CCCN(CC)CCNCC1Cc2cc(C)ccc2O1. The number of aryl methyl sites for hydroxylation is 1. The van der Waals surface area contributed by atoms with E-state index < -0.39 is 0 Å². The van der Waals surface area contributed by atoms with Crippen molar-refractivity contribution in [1.82, 2.24) is 10.2 Å². The molecule has 2 rings (SSSR count). The minimum absolute atomic E-state index is 0.299. The topological polar surface area (TPSA) is 24.5 Å². The first-order chi connectivity index (χ1) is 9.72. The average molecular weight is 276 g/mol. The van der Waals surface area contributed by atoms with Crippen LogP contribution in [0.2, 0.25) is 0 Å². The van der Waals surface area contributed by atoms with E-state index >= 15 is 0 Å². The molecular weight excluding hydrogens is 248 g/mol. The molecule has 0 radical (unpaired) electrons. The molecule has 1 atom stereocenters. The Morgan fingerprint density at radius 2 is 2.15 bits per heavy atom. The zero-order valence-corrected chi connectivity index (χ0v) is 13.1. The third-order valence-electron chi connectivity index (χ3n) is 3.92. The second-order valence-corrected chi connectivity index (χ2v) is 5.69. The Kier molecular flexibility index (Phi) is 5.86. The molecule has 1 aromatic carbocycles. The number of likely N-dealkylation sites (N-methyl/N-ethyl adjacent to an activating group) is 1. The molecule has 0 saturated carbocycles. The van der Waals surface area contributed by atoms with Gasteiger partial charge < -0.3 is 15.0 Å². The number of fused-ring (bicyclic) bond motifs is 1. The predicted molar refractivity (Wildman–Crippen MR) is 84.6 cm³/mol. The van der Waals surface area contributed by atoms with Gasteiger partial charge in [0.2, 0.25) is 0 Å². The molecular formula is C17H28N2O. The smallest absolute Gasteiger partial charge is 0.123 e. The Balaban J connectivity index is 1.67. The molecule has 0 aromatic heterocycles. The number of nitrogens with zero attached hydrogens (tertiary/aromatic N) is 1. The van der Waals surface area contributed by atoms with Gasteiger partial charge in [-0.3, -0.25) is 0 Å². The summed E-state index contributed by atoms with van der Waals surface area (Å²) in [7, 11) is 0. The van der Waals surface area contributed by atoms with Gasteiger partial charge in [0.05, 0.1) is 0 Å². The molecule has 1 aliphatic rings. The zero-order chi connectivity index (χ0) is 14.4. The standard InChI is InChI=1S/C17H28N2O/c1-4-9-19(5-2)10-8-18-13-16-12-15-11-14(3)6-7-17(15)20-16/h6-7,11,16,18H,4-5,8-10,12-13H2,1-3H3. The van der Waals surface area contributed by atoms with Gasteiger partial charge in [-0.25, -0.2) is 0 Å². The summed E-state index contributed by atoms with van der Waals surface area (Å²) in [6.45, 7) is 12.1. The van der Waals surface area contributed by atoms with Crippen LogP contribution in [0, 0.1) is 6.92 Å². The van der Waals surface area contributed by atoms with E-state index in [0.29, 0.717) is 6.10 Å². The van der Waals surface area contributed by atoms with Crippen LogP contribution in [-0.2, 0) is 6.42 Å². The van der Waals surface area contributed by atoms with E-state index in [1.165, 1.54) is 24.1 Å². The van der Waals surface area contributed by atoms with Gasteiger partial charge >= 0.3 is 0 Å². The number of nitrogens with one attached hydrogen (secondary N) is 1. The summed E-state index contributed by atoms with van der Waals surface area (Å²) < 4.78 is 5.97. The lowest BCUT2D eigenvalue weighted by molar-refractivity contribution is 0.221. The molecule has 3 nitrogen and oxygen atoms in total. The molecule has 1 aliphatic heterocycles. The highest BCUT2D eigenvalue weighted by Gasteiger charge is 2.22. The Morgan fingerprint density at radius 1 is 1.30 bits per heavy atom. The van der Waals surface area contributed by atoms with Crippen LogP contribution < -0.4 is 10.1 Å². The van der Waals surface area contributed by atoms with Gasteiger partial charge in [-0.15, -0.1) is 0 Å². The van der Waals surface area contributed by atoms with Crippen molar-refractivity contribution in [2.45, 2.75) is 39.7 Å². The van der Waals surface area contributed by atoms with E-state index in [1.807, 2.05) is 0 Å². The van der Waals surface area contributed by atoms with Crippen LogP contribution >= 0.6 is 0 Å². The normalized spacial score (nSPS) is 17.3. The van der Waals surface area contributed by atoms with Crippen LogP contribution in [0.1, 0.15) is 31.4 Å². The zero-order valence-electron chi connectivity index (χ0n) is 13.1. The van der Waals surface area contributed by atoms with E-state index in [2.05, 4.69) is 49.2 Å². The van der Waals surface area contributed by atoms with Gasteiger partial charge in [0, 0.05) is 26.1 Å². The molecule has 1 N–H and O–H groups in total. The van der Waals surface area contributed by atoms with Crippen molar-refractivity contribution in [3.8, 4) is 5.75 Å². The van der Waals surface area contributed by atoms with E-state index in [-0.39, 0.29) is 0 Å². The fourth-order valence-electron chi connectivity index (χ4n) is 2.81. The Labute approximate surface area is 123 Å². The highest BCUT2D eigenvalue weighted by molar-refractivity contribution is 5.40. The lowest BCUT2D eigenvalue weighted by Gasteiger charge is -2.20. The van der Waals surface area contributed by atoms with Gasteiger partial charge in [0.15, 0.2) is 0 Å². The monoisotopic (exact) mass is 276 g/mol. The van der Waals surface area contributed by atoms with Crippen molar-refractivity contribution in [3.05, 3.63) is 29.3 Å². The van der Waals surface area contributed by atoms with Gasteiger partial charge in [0.1, 0.15) is 11.9 Å².